The predicted octanol–water partition coefficient (Wildman–Crippen LogP) is 6.65. The van der Waals surface area contributed by atoms with Gasteiger partial charge in [-0.25, -0.2) is 4.98 Å². The molecular formula is C26H20N2O2S. The summed E-state index contributed by atoms with van der Waals surface area (Å²) < 4.78 is 5.43. The zero-order valence-corrected chi connectivity index (χ0v) is 17.8. The number of hydrogen-bond donors (Lipinski definition) is 1. The minimum Gasteiger partial charge on any atom is -0.504 e. The standard InChI is InChI=1S/C26H20N2O2S/c1-2-30-25-15-18(8-13-24(25)29)14-22(16-27)26-28-23(17-31-26)21-11-9-20(10-12-21)19-6-4-3-5-7-19/h3-15,17,29H,2H2,1H3/b22-14+. The molecule has 0 atom stereocenters. The molecule has 0 amide bonds. The lowest BCUT2D eigenvalue weighted by Gasteiger charge is -2.06. The van der Waals surface area contributed by atoms with Crippen molar-refractivity contribution in [1.29, 1.82) is 5.26 Å². The second-order valence-electron chi connectivity index (χ2n) is 6.81. The minimum atomic E-state index is 0.0768. The lowest BCUT2D eigenvalue weighted by atomic mass is 10.0. The van der Waals surface area contributed by atoms with Crippen LogP contribution in [0.2, 0.25) is 0 Å². The van der Waals surface area contributed by atoms with Crippen molar-refractivity contribution in [1.82, 2.24) is 4.98 Å². The SMILES string of the molecule is CCOc1cc(/C=C(\C#N)c2nc(-c3ccc(-c4ccccc4)cc3)cs2)ccc1O. The van der Waals surface area contributed by atoms with Gasteiger partial charge in [0.2, 0.25) is 0 Å². The molecule has 3 aromatic carbocycles. The molecule has 5 heteroatoms. The first-order chi connectivity index (χ1) is 15.2. The third-order valence-electron chi connectivity index (χ3n) is 4.74. The summed E-state index contributed by atoms with van der Waals surface area (Å²) in [5.74, 6) is 0.472. The van der Waals surface area contributed by atoms with Gasteiger partial charge in [-0.05, 0) is 41.8 Å². The highest BCUT2D eigenvalue weighted by molar-refractivity contribution is 7.11. The average Bonchev–Trinajstić information content (AvgIpc) is 3.30. The zero-order valence-electron chi connectivity index (χ0n) is 16.9. The zero-order chi connectivity index (χ0) is 21.6. The predicted molar refractivity (Wildman–Crippen MR) is 126 cm³/mol. The van der Waals surface area contributed by atoms with E-state index in [4.69, 9.17) is 4.74 Å². The second-order valence-corrected chi connectivity index (χ2v) is 7.67. The molecule has 0 aliphatic carbocycles. The molecule has 0 radical (unpaired) electrons. The summed E-state index contributed by atoms with van der Waals surface area (Å²) in [4.78, 5) is 4.67. The summed E-state index contributed by atoms with van der Waals surface area (Å²) in [7, 11) is 0. The maximum absolute atomic E-state index is 9.88. The molecule has 4 nitrogen and oxygen atoms in total. The first kappa shape index (κ1) is 20.4. The third kappa shape index (κ3) is 4.66. The molecule has 0 saturated carbocycles. The Bertz CT molecular complexity index is 1250. The van der Waals surface area contributed by atoms with Crippen LogP contribution in [0, 0.1) is 11.3 Å². The second kappa shape index (κ2) is 9.29. The highest BCUT2D eigenvalue weighted by Gasteiger charge is 2.11. The lowest BCUT2D eigenvalue weighted by molar-refractivity contribution is 0.318. The number of allylic oxidation sites excluding steroid dienone is 1. The molecule has 0 bridgehead atoms. The van der Waals surface area contributed by atoms with E-state index in [0.717, 1.165) is 22.4 Å². The van der Waals surface area contributed by atoms with Crippen molar-refractivity contribution in [2.24, 2.45) is 0 Å². The summed E-state index contributed by atoms with van der Waals surface area (Å²) >= 11 is 1.43. The van der Waals surface area contributed by atoms with Gasteiger partial charge >= 0.3 is 0 Å². The number of phenolic OH excluding ortho intramolecular Hbond substituents is 1. The van der Waals surface area contributed by atoms with Crippen LogP contribution in [0.5, 0.6) is 11.5 Å². The van der Waals surface area contributed by atoms with Crippen LogP contribution in [0.25, 0.3) is 34.0 Å². The van der Waals surface area contributed by atoms with Gasteiger partial charge in [-0.15, -0.1) is 11.3 Å². The summed E-state index contributed by atoms with van der Waals surface area (Å²) in [5.41, 5.74) is 5.38. The Labute approximate surface area is 185 Å². The van der Waals surface area contributed by atoms with E-state index in [2.05, 4.69) is 35.3 Å². The maximum atomic E-state index is 9.88. The number of thiazole rings is 1. The highest BCUT2D eigenvalue weighted by atomic mass is 32.1. The van der Waals surface area contributed by atoms with Gasteiger partial charge in [0.05, 0.1) is 17.9 Å². The van der Waals surface area contributed by atoms with Crippen molar-refractivity contribution in [3.63, 3.8) is 0 Å². The number of hydrogen-bond acceptors (Lipinski definition) is 5. The van der Waals surface area contributed by atoms with Crippen LogP contribution in [0.1, 0.15) is 17.5 Å². The van der Waals surface area contributed by atoms with Crippen LogP contribution in [0.4, 0.5) is 0 Å². The molecular weight excluding hydrogens is 404 g/mol. The highest BCUT2D eigenvalue weighted by Crippen LogP contribution is 2.31. The topological polar surface area (TPSA) is 66.1 Å². The molecule has 4 aromatic rings. The Balaban J connectivity index is 1.59. The lowest BCUT2D eigenvalue weighted by Crippen LogP contribution is -1.92. The molecule has 0 spiro atoms. The van der Waals surface area contributed by atoms with Gasteiger partial charge in [-0.3, -0.25) is 0 Å². The van der Waals surface area contributed by atoms with Gasteiger partial charge in [0.1, 0.15) is 11.1 Å². The number of nitriles is 1. The molecule has 4 rings (SSSR count). The molecule has 0 aliphatic heterocycles. The third-order valence-corrected chi connectivity index (χ3v) is 5.61. The Kier molecular flexibility index (Phi) is 6.11. The van der Waals surface area contributed by atoms with Crippen LogP contribution in [-0.4, -0.2) is 16.7 Å². The molecule has 152 valence electrons. The largest absolute Gasteiger partial charge is 0.504 e. The fraction of sp³-hybridized carbons (Fsp3) is 0.0769. The Morgan fingerprint density at radius 2 is 1.74 bits per heavy atom. The number of ether oxygens (including phenoxy) is 1. The van der Waals surface area contributed by atoms with Crippen molar-refractivity contribution in [3.05, 3.63) is 88.7 Å². The summed E-state index contributed by atoms with van der Waals surface area (Å²) in [6.07, 6.45) is 1.75. The fourth-order valence-electron chi connectivity index (χ4n) is 3.19. The van der Waals surface area contributed by atoms with Gasteiger partial charge in [0.15, 0.2) is 11.5 Å². The minimum absolute atomic E-state index is 0.0768. The quantitative estimate of drug-likeness (QED) is 0.352. The van der Waals surface area contributed by atoms with Crippen molar-refractivity contribution >= 4 is 23.0 Å². The number of nitrogens with zero attached hydrogens (tertiary/aromatic N) is 2. The normalized spacial score (nSPS) is 11.2. The van der Waals surface area contributed by atoms with E-state index in [1.54, 1.807) is 24.3 Å². The summed E-state index contributed by atoms with van der Waals surface area (Å²) in [6.45, 7) is 2.30. The van der Waals surface area contributed by atoms with E-state index in [9.17, 15) is 10.4 Å². The summed E-state index contributed by atoms with van der Waals surface area (Å²) in [6, 6.07) is 25.7. The van der Waals surface area contributed by atoms with Crippen LogP contribution in [-0.2, 0) is 0 Å². The van der Waals surface area contributed by atoms with Crippen LogP contribution in [0.3, 0.4) is 0 Å². The van der Waals surface area contributed by atoms with Crippen molar-refractivity contribution < 1.29 is 9.84 Å². The monoisotopic (exact) mass is 424 g/mol. The van der Waals surface area contributed by atoms with Gasteiger partial charge in [-0.1, -0.05) is 60.7 Å². The molecule has 31 heavy (non-hydrogen) atoms. The smallest absolute Gasteiger partial charge is 0.161 e. The Morgan fingerprint density at radius 3 is 2.45 bits per heavy atom. The fourth-order valence-corrected chi connectivity index (χ4v) is 3.99. The van der Waals surface area contributed by atoms with Gasteiger partial charge in [-0.2, -0.15) is 5.26 Å². The van der Waals surface area contributed by atoms with Crippen molar-refractivity contribution in [3.8, 4) is 40.0 Å². The first-order valence-corrected chi connectivity index (χ1v) is 10.7. The number of aromatic hydroxyl groups is 1. The number of rotatable bonds is 6. The van der Waals surface area contributed by atoms with E-state index in [1.165, 1.54) is 16.9 Å². The molecule has 1 aromatic heterocycles. The average molecular weight is 425 g/mol. The van der Waals surface area contributed by atoms with E-state index in [0.29, 0.717) is 22.9 Å². The van der Waals surface area contributed by atoms with Crippen molar-refractivity contribution in [2.75, 3.05) is 6.61 Å². The maximum Gasteiger partial charge on any atom is 0.161 e. The van der Waals surface area contributed by atoms with Gasteiger partial charge in [0, 0.05) is 10.9 Å². The van der Waals surface area contributed by atoms with E-state index in [1.807, 2.05) is 42.6 Å². The first-order valence-electron chi connectivity index (χ1n) is 9.87. The van der Waals surface area contributed by atoms with Gasteiger partial charge < -0.3 is 9.84 Å². The molecule has 0 unspecified atom stereocenters. The number of phenols is 1. The Hall–Kier alpha value is -3.88. The van der Waals surface area contributed by atoms with Crippen LogP contribution in [0.15, 0.2) is 78.2 Å². The van der Waals surface area contributed by atoms with Gasteiger partial charge in [0.25, 0.3) is 0 Å². The molecule has 0 aliphatic rings. The van der Waals surface area contributed by atoms with Crippen LogP contribution < -0.4 is 4.74 Å². The van der Waals surface area contributed by atoms with E-state index in [-0.39, 0.29) is 5.75 Å². The molecule has 1 heterocycles. The van der Waals surface area contributed by atoms with E-state index >= 15 is 0 Å². The number of benzene rings is 3. The molecule has 0 saturated heterocycles. The van der Waals surface area contributed by atoms with E-state index < -0.39 is 0 Å². The molecule has 1 N–H and O–H groups in total. The number of aromatic nitrogens is 1. The van der Waals surface area contributed by atoms with Crippen LogP contribution >= 0.6 is 11.3 Å². The molecule has 0 fully saturated rings. The Morgan fingerprint density at radius 1 is 1.03 bits per heavy atom. The summed E-state index contributed by atoms with van der Waals surface area (Å²) in [5, 5.41) is 22.2. The van der Waals surface area contributed by atoms with Crippen molar-refractivity contribution in [2.45, 2.75) is 6.92 Å².